The van der Waals surface area contributed by atoms with E-state index in [1.54, 1.807) is 0 Å². The molecule has 0 spiro atoms. The highest BCUT2D eigenvalue weighted by Gasteiger charge is 2.29. The molecule has 4 N–H and O–H groups in total. The van der Waals surface area contributed by atoms with Crippen molar-refractivity contribution in [2.24, 2.45) is 0 Å². The summed E-state index contributed by atoms with van der Waals surface area (Å²) in [5.74, 6) is -1.08. The van der Waals surface area contributed by atoms with Gasteiger partial charge in [0.25, 0.3) is 0 Å². The first-order valence-electron chi connectivity index (χ1n) is 7.68. The maximum atomic E-state index is 11.8. The molecule has 124 valence electrons. The summed E-state index contributed by atoms with van der Waals surface area (Å²) >= 11 is 0. The lowest BCUT2D eigenvalue weighted by atomic mass is 9.87. The molecule has 1 aromatic carbocycles. The highest BCUT2D eigenvalue weighted by Crippen LogP contribution is 2.36. The molecule has 0 atom stereocenters. The molecule has 6 heteroatoms. The van der Waals surface area contributed by atoms with Crippen LogP contribution < -0.4 is 5.73 Å². The number of benzene rings is 1. The third-order valence-corrected chi connectivity index (χ3v) is 4.00. The van der Waals surface area contributed by atoms with Gasteiger partial charge in [-0.15, -0.1) is 0 Å². The summed E-state index contributed by atoms with van der Waals surface area (Å²) in [6.07, 6.45) is 0. The lowest BCUT2D eigenvalue weighted by molar-refractivity contribution is 0.0695. The summed E-state index contributed by atoms with van der Waals surface area (Å²) < 4.78 is 0. The smallest absolute Gasteiger partial charge is 0.339 e. The van der Waals surface area contributed by atoms with Crippen LogP contribution in [0.15, 0.2) is 24.3 Å². The van der Waals surface area contributed by atoms with E-state index in [9.17, 15) is 9.90 Å². The van der Waals surface area contributed by atoms with E-state index < -0.39 is 11.4 Å². The maximum absolute atomic E-state index is 11.8. The van der Waals surface area contributed by atoms with Gasteiger partial charge in [0, 0.05) is 11.0 Å². The second-order valence-corrected chi connectivity index (χ2v) is 6.97. The number of nitrogen functional groups attached to an aromatic ring is 1. The molecule has 0 saturated carbocycles. The molecule has 0 saturated heterocycles. The minimum atomic E-state index is -1.08. The molecule has 0 radical (unpaired) electrons. The summed E-state index contributed by atoms with van der Waals surface area (Å²) in [5.41, 5.74) is 9.59. The number of H-pyrrole nitrogens is 1. The first-order chi connectivity index (χ1) is 11.2. The highest BCUT2D eigenvalue weighted by molar-refractivity contribution is 6.08. The van der Waals surface area contributed by atoms with Gasteiger partial charge in [-0.3, -0.25) is 5.10 Å². The molecule has 0 unspecified atom stereocenters. The van der Waals surface area contributed by atoms with Crippen molar-refractivity contribution >= 4 is 22.7 Å². The van der Waals surface area contributed by atoms with Crippen molar-refractivity contribution in [3.63, 3.8) is 0 Å². The first-order valence-corrected chi connectivity index (χ1v) is 7.68. The molecule has 2 aromatic heterocycles. The summed E-state index contributed by atoms with van der Waals surface area (Å²) in [6, 6.07) is 7.85. The van der Waals surface area contributed by atoms with Gasteiger partial charge in [-0.2, -0.15) is 5.10 Å². The van der Waals surface area contributed by atoms with E-state index in [0.29, 0.717) is 22.4 Å². The van der Waals surface area contributed by atoms with Gasteiger partial charge < -0.3 is 10.8 Å². The predicted molar refractivity (Wildman–Crippen MR) is 94.1 cm³/mol. The molecular weight excluding hydrogens is 304 g/mol. The molecule has 0 aliphatic rings. The fourth-order valence-electron chi connectivity index (χ4n) is 2.77. The van der Waals surface area contributed by atoms with Crippen LogP contribution in [0.1, 0.15) is 42.4 Å². The lowest BCUT2D eigenvalue weighted by Crippen LogP contribution is -2.21. The fourth-order valence-corrected chi connectivity index (χ4v) is 2.77. The minimum absolute atomic E-state index is 0.0461. The summed E-state index contributed by atoms with van der Waals surface area (Å²) in [6.45, 7) is 7.71. The number of hydrogen-bond donors (Lipinski definition) is 3. The molecule has 0 aliphatic carbocycles. The number of pyridine rings is 1. The zero-order valence-corrected chi connectivity index (χ0v) is 14.1. The Hall–Kier alpha value is -2.89. The van der Waals surface area contributed by atoms with Gasteiger partial charge in [-0.1, -0.05) is 50.6 Å². The van der Waals surface area contributed by atoms with Crippen molar-refractivity contribution in [3.05, 3.63) is 41.1 Å². The normalized spacial score (nSPS) is 11.8. The van der Waals surface area contributed by atoms with Gasteiger partial charge in [-0.25, -0.2) is 9.78 Å². The number of hydrogen-bond acceptors (Lipinski definition) is 4. The standard InChI is InChI=1S/C18H20N4O2/c1-9-5-7-10(8-6-9)14-11-13(19)12(17(23)24)15(18(2,3)4)20-16(11)22-21-14/h5-8H,1-4H3,(H,23,24)(H3,19,20,21,22). The van der Waals surface area contributed by atoms with Gasteiger partial charge in [-0.05, 0) is 6.92 Å². The Labute approximate surface area is 139 Å². The molecule has 6 nitrogen and oxygen atoms in total. The number of aromatic amines is 1. The van der Waals surface area contributed by atoms with E-state index >= 15 is 0 Å². The zero-order valence-electron chi connectivity index (χ0n) is 14.1. The number of anilines is 1. The summed E-state index contributed by atoms with van der Waals surface area (Å²) in [7, 11) is 0. The predicted octanol–water partition coefficient (Wildman–Crippen LogP) is 3.51. The van der Waals surface area contributed by atoms with E-state index in [1.165, 1.54) is 0 Å². The third kappa shape index (κ3) is 2.50. The molecule has 0 fully saturated rings. The van der Waals surface area contributed by atoms with E-state index in [-0.39, 0.29) is 11.3 Å². The zero-order chi connectivity index (χ0) is 17.6. The number of carboxylic acids is 1. The Balaban J connectivity index is 2.36. The first kappa shape index (κ1) is 16.0. The van der Waals surface area contributed by atoms with E-state index in [1.807, 2.05) is 52.0 Å². The Kier molecular flexibility index (Phi) is 3.55. The van der Waals surface area contributed by atoms with Crippen LogP contribution >= 0.6 is 0 Å². The van der Waals surface area contributed by atoms with E-state index in [0.717, 1.165) is 11.1 Å². The largest absolute Gasteiger partial charge is 0.478 e. The average molecular weight is 324 g/mol. The third-order valence-electron chi connectivity index (χ3n) is 4.00. The Morgan fingerprint density at radius 1 is 1.21 bits per heavy atom. The number of aromatic carboxylic acids is 1. The number of carboxylic acid groups (broad SMARTS) is 1. The minimum Gasteiger partial charge on any atom is -0.478 e. The van der Waals surface area contributed by atoms with Crippen LogP contribution in [0.4, 0.5) is 5.69 Å². The van der Waals surface area contributed by atoms with Crippen LogP contribution in [-0.4, -0.2) is 26.3 Å². The number of nitrogens with one attached hydrogen (secondary N) is 1. The molecule has 24 heavy (non-hydrogen) atoms. The summed E-state index contributed by atoms with van der Waals surface area (Å²) in [4.78, 5) is 16.3. The molecule has 3 rings (SSSR count). The number of fused-ring (bicyclic) bond motifs is 1. The number of rotatable bonds is 2. The van der Waals surface area contributed by atoms with Crippen molar-refractivity contribution in [1.82, 2.24) is 15.2 Å². The number of nitrogens with zero attached hydrogens (tertiary/aromatic N) is 2. The van der Waals surface area contributed by atoms with Crippen LogP contribution in [0.25, 0.3) is 22.3 Å². The Morgan fingerprint density at radius 2 is 1.83 bits per heavy atom. The number of aryl methyl sites for hydroxylation is 1. The Bertz CT molecular complexity index is 934. The van der Waals surface area contributed by atoms with Gasteiger partial charge in [0.05, 0.1) is 22.5 Å². The van der Waals surface area contributed by atoms with Crippen LogP contribution in [-0.2, 0) is 5.41 Å². The quantitative estimate of drug-likeness (QED) is 0.669. The number of carbonyl (C=O) groups is 1. The van der Waals surface area contributed by atoms with Crippen molar-refractivity contribution in [2.45, 2.75) is 33.1 Å². The van der Waals surface area contributed by atoms with E-state index in [4.69, 9.17) is 5.73 Å². The summed E-state index contributed by atoms with van der Waals surface area (Å²) in [5, 5.41) is 17.4. The van der Waals surface area contributed by atoms with Crippen molar-refractivity contribution in [3.8, 4) is 11.3 Å². The second kappa shape index (κ2) is 5.33. The van der Waals surface area contributed by atoms with Crippen LogP contribution in [0.3, 0.4) is 0 Å². The maximum Gasteiger partial charge on any atom is 0.339 e. The van der Waals surface area contributed by atoms with Crippen molar-refractivity contribution < 1.29 is 9.90 Å². The van der Waals surface area contributed by atoms with Crippen molar-refractivity contribution in [1.29, 1.82) is 0 Å². The average Bonchev–Trinajstić information content (AvgIpc) is 2.91. The number of nitrogens with two attached hydrogens (primary N) is 1. The molecule has 0 aliphatic heterocycles. The van der Waals surface area contributed by atoms with Gasteiger partial charge >= 0.3 is 5.97 Å². The van der Waals surface area contributed by atoms with Gasteiger partial charge in [0.15, 0.2) is 5.65 Å². The highest BCUT2D eigenvalue weighted by atomic mass is 16.4. The lowest BCUT2D eigenvalue weighted by Gasteiger charge is -2.21. The topological polar surface area (TPSA) is 105 Å². The fraction of sp³-hybridized carbons (Fsp3) is 0.278. The Morgan fingerprint density at radius 3 is 2.38 bits per heavy atom. The van der Waals surface area contributed by atoms with Crippen LogP contribution in [0, 0.1) is 6.92 Å². The van der Waals surface area contributed by atoms with E-state index in [2.05, 4.69) is 15.2 Å². The van der Waals surface area contributed by atoms with Crippen LogP contribution in [0.2, 0.25) is 0 Å². The molecular formula is C18H20N4O2. The second-order valence-electron chi connectivity index (χ2n) is 6.97. The monoisotopic (exact) mass is 324 g/mol. The molecule has 2 heterocycles. The number of aromatic nitrogens is 3. The molecule has 0 bridgehead atoms. The van der Waals surface area contributed by atoms with Gasteiger partial charge in [0.1, 0.15) is 5.56 Å². The molecule has 0 amide bonds. The van der Waals surface area contributed by atoms with Crippen molar-refractivity contribution in [2.75, 3.05) is 5.73 Å². The molecule has 3 aromatic rings. The van der Waals surface area contributed by atoms with Crippen LogP contribution in [0.5, 0.6) is 0 Å². The SMILES string of the molecule is Cc1ccc(-c2[nH]nc3nc(C(C)(C)C)c(C(=O)O)c(N)c23)cc1. The van der Waals surface area contributed by atoms with Gasteiger partial charge in [0.2, 0.25) is 0 Å².